The molecule has 5 N–H and O–H groups in total. The number of rotatable bonds is 5. The number of aliphatic hydroxyl groups excluding tert-OH is 2. The smallest absolute Gasteiger partial charge is 0.312 e. The van der Waals surface area contributed by atoms with Gasteiger partial charge in [-0.1, -0.05) is 24.3 Å². The fourth-order valence-electron chi connectivity index (χ4n) is 4.12. The second-order valence-corrected chi connectivity index (χ2v) is 8.67. The summed E-state index contributed by atoms with van der Waals surface area (Å²) in [5.41, 5.74) is 10.4. The zero-order valence-corrected chi connectivity index (χ0v) is 23.1. The molecule has 5 rings (SSSR count). The molecule has 1 aliphatic heterocycles. The Balaban J connectivity index is 0.00000102. The lowest BCUT2D eigenvalue weighted by Gasteiger charge is -2.19. The SMILES string of the molecule is CO.CO.Cc1ccccc1C.NC(=O)N[C@@H](Cc1cc(F)cc(F)c1)c1nccn1-c1ccc2c(c1)CCO2.[HH].[HH]. The fraction of sp³-hybridized carbons (Fsp3) is 0.267. The molecule has 3 aromatic carbocycles. The normalized spacial score (nSPS) is 11.7. The van der Waals surface area contributed by atoms with Gasteiger partial charge < -0.3 is 30.6 Å². The minimum atomic E-state index is -0.751. The summed E-state index contributed by atoms with van der Waals surface area (Å²) >= 11 is 0. The third-order valence-corrected chi connectivity index (χ3v) is 6.04. The van der Waals surface area contributed by atoms with Crippen LogP contribution in [0.3, 0.4) is 0 Å². The molecule has 2 heterocycles. The van der Waals surface area contributed by atoms with Gasteiger partial charge in [0, 0.05) is 54.1 Å². The minimum Gasteiger partial charge on any atom is -0.493 e. The van der Waals surface area contributed by atoms with Crippen LogP contribution in [0.4, 0.5) is 13.6 Å². The molecule has 0 bridgehead atoms. The van der Waals surface area contributed by atoms with Crippen LogP contribution < -0.4 is 15.8 Å². The number of ether oxygens (including phenoxy) is 1. The van der Waals surface area contributed by atoms with Crippen LogP contribution in [-0.4, -0.2) is 46.6 Å². The van der Waals surface area contributed by atoms with Crippen molar-refractivity contribution in [2.75, 3.05) is 20.8 Å². The van der Waals surface area contributed by atoms with Gasteiger partial charge in [0.15, 0.2) is 0 Å². The van der Waals surface area contributed by atoms with Crippen LogP contribution >= 0.6 is 0 Å². The first-order chi connectivity index (χ1) is 19.3. The van der Waals surface area contributed by atoms with E-state index >= 15 is 0 Å². The molecule has 10 heteroatoms. The summed E-state index contributed by atoms with van der Waals surface area (Å²) in [5, 5.41) is 16.6. The standard InChI is InChI=1S/C20H18F2N4O2.C8H10.2CH4O.2H2/c21-14-7-12(8-15(22)11-14)9-17(25-20(23)27)19-24-4-5-26(19)16-1-2-18-13(10-16)3-6-28-18;1-7-5-3-4-6-8(7)2;2*1-2;;/h1-2,4-5,7-8,10-11,17H,3,6,9H2,(H3,23,25,27);3-6H,1-2H3;2*2H,1H3;2*1H/t17-;;;;;/m0...../s1. The van der Waals surface area contributed by atoms with Gasteiger partial charge in [0.25, 0.3) is 0 Å². The number of aryl methyl sites for hydroxylation is 2. The van der Waals surface area contributed by atoms with Crippen molar-refractivity contribution in [2.24, 2.45) is 5.73 Å². The van der Waals surface area contributed by atoms with E-state index in [4.69, 9.17) is 20.7 Å². The molecule has 0 saturated heterocycles. The molecule has 2 amide bonds. The number of amides is 2. The number of nitrogens with zero attached hydrogens (tertiary/aromatic N) is 2. The number of carbonyl (C=O) groups excluding carboxylic acids is 1. The third kappa shape index (κ3) is 8.89. The van der Waals surface area contributed by atoms with Gasteiger partial charge >= 0.3 is 6.03 Å². The predicted molar refractivity (Wildman–Crippen MR) is 155 cm³/mol. The molecule has 0 saturated carbocycles. The first-order valence-electron chi connectivity index (χ1n) is 12.5. The van der Waals surface area contributed by atoms with Crippen molar-refractivity contribution in [2.45, 2.75) is 32.7 Å². The Kier molecular flexibility index (Phi) is 12.7. The number of urea groups is 1. The molecular weight excluding hydrogens is 518 g/mol. The van der Waals surface area contributed by atoms with Gasteiger partial charge in [0.1, 0.15) is 23.2 Å². The molecule has 8 nitrogen and oxygen atoms in total. The molecule has 0 radical (unpaired) electrons. The Hall–Kier alpha value is -4.28. The number of hydrogen-bond donors (Lipinski definition) is 4. The lowest BCUT2D eigenvalue weighted by Crippen LogP contribution is -2.35. The largest absolute Gasteiger partial charge is 0.493 e. The molecule has 4 aromatic rings. The Labute approximate surface area is 236 Å². The third-order valence-electron chi connectivity index (χ3n) is 6.04. The number of aromatic nitrogens is 2. The minimum absolute atomic E-state index is 0. The topological polar surface area (TPSA) is 123 Å². The molecule has 0 aliphatic carbocycles. The predicted octanol–water partition coefficient (Wildman–Crippen LogP) is 5.05. The van der Waals surface area contributed by atoms with Crippen molar-refractivity contribution in [1.29, 1.82) is 0 Å². The van der Waals surface area contributed by atoms with Crippen LogP contribution in [0.5, 0.6) is 5.75 Å². The fourth-order valence-corrected chi connectivity index (χ4v) is 4.12. The summed E-state index contributed by atoms with van der Waals surface area (Å²) in [4.78, 5) is 15.9. The Bertz CT molecular complexity index is 1350. The van der Waals surface area contributed by atoms with E-state index in [1.54, 1.807) is 12.4 Å². The molecule has 0 spiro atoms. The second-order valence-electron chi connectivity index (χ2n) is 8.67. The number of imidazole rings is 1. The average Bonchev–Trinajstić information content (AvgIpc) is 3.61. The number of nitrogens with one attached hydrogen (secondary N) is 1. The highest BCUT2D eigenvalue weighted by molar-refractivity contribution is 5.72. The summed E-state index contributed by atoms with van der Waals surface area (Å²) < 4.78 is 34.5. The first kappa shape index (κ1) is 31.9. The van der Waals surface area contributed by atoms with E-state index in [1.807, 2.05) is 22.8 Å². The van der Waals surface area contributed by atoms with Gasteiger partial charge in [0.05, 0.1) is 12.6 Å². The van der Waals surface area contributed by atoms with E-state index in [0.29, 0.717) is 18.0 Å². The zero-order valence-electron chi connectivity index (χ0n) is 23.1. The van der Waals surface area contributed by atoms with Gasteiger partial charge in [-0.2, -0.15) is 0 Å². The molecule has 0 fully saturated rings. The molecular formula is C30H40F2N4O4. The number of aliphatic hydroxyl groups is 2. The van der Waals surface area contributed by atoms with E-state index in [0.717, 1.165) is 43.7 Å². The van der Waals surface area contributed by atoms with E-state index < -0.39 is 23.7 Å². The van der Waals surface area contributed by atoms with Crippen molar-refractivity contribution in [3.05, 3.63) is 113 Å². The zero-order chi connectivity index (χ0) is 29.7. The highest BCUT2D eigenvalue weighted by Gasteiger charge is 2.22. The number of nitrogens with two attached hydrogens (primary N) is 1. The Morgan fingerprint density at radius 2 is 1.68 bits per heavy atom. The van der Waals surface area contributed by atoms with E-state index in [-0.39, 0.29) is 9.27 Å². The quantitative estimate of drug-likeness (QED) is 0.273. The summed E-state index contributed by atoms with van der Waals surface area (Å²) in [6, 6.07) is 16.0. The Morgan fingerprint density at radius 1 is 1.05 bits per heavy atom. The summed E-state index contributed by atoms with van der Waals surface area (Å²) in [5.74, 6) is -0.0145. The van der Waals surface area contributed by atoms with Crippen LogP contribution in [0.15, 0.2) is 73.1 Å². The lowest BCUT2D eigenvalue weighted by atomic mass is 10.0. The number of fused-ring (bicyclic) bond motifs is 1. The van der Waals surface area contributed by atoms with Crippen LogP contribution in [-0.2, 0) is 12.8 Å². The Morgan fingerprint density at radius 3 is 2.25 bits per heavy atom. The number of hydrogen-bond acceptors (Lipinski definition) is 5. The summed E-state index contributed by atoms with van der Waals surface area (Å²) in [7, 11) is 2.00. The number of benzene rings is 3. The molecule has 1 atom stereocenters. The van der Waals surface area contributed by atoms with Gasteiger partial charge in [-0.15, -0.1) is 0 Å². The van der Waals surface area contributed by atoms with E-state index in [1.165, 1.54) is 23.3 Å². The van der Waals surface area contributed by atoms with Crippen molar-refractivity contribution < 1.29 is 31.4 Å². The molecule has 1 aromatic heterocycles. The first-order valence-corrected chi connectivity index (χ1v) is 12.5. The maximum atomic E-state index is 13.6. The molecule has 1 aliphatic rings. The highest BCUT2D eigenvalue weighted by Crippen LogP contribution is 2.29. The second kappa shape index (κ2) is 16.0. The maximum Gasteiger partial charge on any atom is 0.312 e. The van der Waals surface area contributed by atoms with Gasteiger partial charge in [-0.25, -0.2) is 18.6 Å². The van der Waals surface area contributed by atoms with Gasteiger partial charge in [-0.3, -0.25) is 0 Å². The number of carbonyl (C=O) groups is 1. The van der Waals surface area contributed by atoms with Crippen LogP contribution in [0, 0.1) is 25.5 Å². The summed E-state index contributed by atoms with van der Waals surface area (Å²) in [6.07, 6.45) is 4.30. The van der Waals surface area contributed by atoms with Crippen molar-refractivity contribution in [1.82, 2.24) is 14.9 Å². The van der Waals surface area contributed by atoms with Crippen LogP contribution in [0.2, 0.25) is 0 Å². The van der Waals surface area contributed by atoms with Crippen molar-refractivity contribution in [3.8, 4) is 11.4 Å². The molecule has 0 unspecified atom stereocenters. The number of primary amides is 1. The number of halogens is 2. The average molecular weight is 559 g/mol. The van der Waals surface area contributed by atoms with Crippen molar-refractivity contribution in [3.63, 3.8) is 0 Å². The maximum absolute atomic E-state index is 13.6. The van der Waals surface area contributed by atoms with Gasteiger partial charge in [0.2, 0.25) is 0 Å². The van der Waals surface area contributed by atoms with E-state index in [2.05, 4.69) is 48.4 Å². The van der Waals surface area contributed by atoms with Crippen LogP contribution in [0.25, 0.3) is 5.69 Å². The lowest BCUT2D eigenvalue weighted by molar-refractivity contribution is 0.244. The van der Waals surface area contributed by atoms with Gasteiger partial charge in [-0.05, 0) is 66.4 Å². The molecule has 40 heavy (non-hydrogen) atoms. The van der Waals surface area contributed by atoms with E-state index in [9.17, 15) is 13.6 Å². The van der Waals surface area contributed by atoms with Crippen LogP contribution in [0.1, 0.15) is 37.0 Å². The molecule has 218 valence electrons. The highest BCUT2D eigenvalue weighted by atomic mass is 19.1. The van der Waals surface area contributed by atoms with Crippen molar-refractivity contribution >= 4 is 6.03 Å². The monoisotopic (exact) mass is 558 g/mol. The summed E-state index contributed by atoms with van der Waals surface area (Å²) in [6.45, 7) is 4.89.